The van der Waals surface area contributed by atoms with Crippen molar-refractivity contribution >= 4 is 5.91 Å². The minimum absolute atomic E-state index is 0.0403. The lowest BCUT2D eigenvalue weighted by atomic mass is 9.84. The molecule has 2 saturated heterocycles. The molecule has 1 unspecified atom stereocenters. The molecule has 0 N–H and O–H groups in total. The van der Waals surface area contributed by atoms with Gasteiger partial charge in [0, 0.05) is 37.1 Å². The Balaban J connectivity index is 1.31. The molecule has 2 fully saturated rings. The predicted octanol–water partition coefficient (Wildman–Crippen LogP) is 1.25. The minimum atomic E-state index is -0.287. The van der Waals surface area contributed by atoms with Crippen molar-refractivity contribution in [3.8, 4) is 5.88 Å². The number of carbonyl (C=O) groups is 1. The lowest BCUT2D eigenvalue weighted by Crippen LogP contribution is -2.67. The fraction of sp³-hybridized carbons (Fsp3) is 0.444. The second-order valence-corrected chi connectivity index (χ2v) is 6.56. The van der Waals surface area contributed by atoms with Crippen LogP contribution in [0.1, 0.15) is 18.5 Å². The van der Waals surface area contributed by atoms with Gasteiger partial charge >= 0.3 is 0 Å². The van der Waals surface area contributed by atoms with E-state index in [0.29, 0.717) is 32.0 Å². The number of hydrogen-bond donors (Lipinski definition) is 0. The quantitative estimate of drug-likeness (QED) is 0.834. The average Bonchev–Trinajstić information content (AvgIpc) is 2.61. The van der Waals surface area contributed by atoms with E-state index in [-0.39, 0.29) is 17.6 Å². The number of carbonyl (C=O) groups excluding carboxylic acids is 1. The molecule has 7 heteroatoms. The van der Waals surface area contributed by atoms with Gasteiger partial charge in [-0.2, -0.15) is 0 Å². The van der Waals surface area contributed by atoms with Gasteiger partial charge in [-0.3, -0.25) is 14.8 Å². The summed E-state index contributed by atoms with van der Waals surface area (Å²) in [5.74, 6) is 0.622. The maximum atomic E-state index is 12.4. The fourth-order valence-electron chi connectivity index (χ4n) is 3.42. The third-order valence-corrected chi connectivity index (χ3v) is 4.64. The van der Waals surface area contributed by atoms with E-state index in [1.54, 1.807) is 24.8 Å². The van der Waals surface area contributed by atoms with Gasteiger partial charge in [-0.1, -0.05) is 6.07 Å². The smallest absolute Gasteiger partial charge is 0.232 e. The molecule has 0 radical (unpaired) electrons. The maximum Gasteiger partial charge on any atom is 0.232 e. The van der Waals surface area contributed by atoms with Gasteiger partial charge in [0.1, 0.15) is 11.7 Å². The lowest BCUT2D eigenvalue weighted by Gasteiger charge is -2.52. The molecule has 130 valence electrons. The summed E-state index contributed by atoms with van der Waals surface area (Å²) in [5.41, 5.74) is 0.507. The van der Waals surface area contributed by atoms with E-state index >= 15 is 0 Å². The molecule has 0 aromatic carbocycles. The summed E-state index contributed by atoms with van der Waals surface area (Å²) in [5, 5.41) is 0. The summed E-state index contributed by atoms with van der Waals surface area (Å²) in [4.78, 5) is 26.6. The SMILES string of the molecule is O=C(Cc1ccccn1)N1CC2(CC(Oc3cnccn3)CCO2)C1. The zero-order valence-electron chi connectivity index (χ0n) is 13.9. The number of pyridine rings is 1. The molecular weight excluding hydrogens is 320 g/mol. The molecule has 25 heavy (non-hydrogen) atoms. The van der Waals surface area contributed by atoms with Crippen LogP contribution in [0.2, 0.25) is 0 Å². The van der Waals surface area contributed by atoms with E-state index in [2.05, 4.69) is 15.0 Å². The number of aromatic nitrogens is 3. The number of likely N-dealkylation sites (tertiary alicyclic amines) is 1. The van der Waals surface area contributed by atoms with Crippen LogP contribution in [-0.2, 0) is 16.0 Å². The molecule has 0 aliphatic carbocycles. The standard InChI is InChI=1S/C18H20N4O3/c23-17(9-14-3-1-2-5-20-14)22-12-18(13-22)10-15(4-8-24-18)25-16-11-19-6-7-21-16/h1-3,5-7,11,15H,4,8-10,12-13H2. The molecule has 2 aromatic heterocycles. The zero-order valence-corrected chi connectivity index (χ0v) is 13.9. The summed E-state index contributed by atoms with van der Waals surface area (Å²) in [6, 6.07) is 5.61. The summed E-state index contributed by atoms with van der Waals surface area (Å²) in [6.07, 6.45) is 8.51. The predicted molar refractivity (Wildman–Crippen MR) is 88.9 cm³/mol. The molecule has 7 nitrogen and oxygen atoms in total. The highest BCUT2D eigenvalue weighted by molar-refractivity contribution is 5.79. The third-order valence-electron chi connectivity index (χ3n) is 4.64. The zero-order chi connectivity index (χ0) is 17.1. The van der Waals surface area contributed by atoms with E-state index in [1.807, 2.05) is 23.1 Å². The van der Waals surface area contributed by atoms with Crippen molar-refractivity contribution in [3.05, 3.63) is 48.7 Å². The molecule has 4 heterocycles. The van der Waals surface area contributed by atoms with E-state index < -0.39 is 0 Å². The Morgan fingerprint density at radius 1 is 1.28 bits per heavy atom. The number of ether oxygens (including phenoxy) is 2. The van der Waals surface area contributed by atoms with Gasteiger partial charge in [-0.05, 0) is 12.1 Å². The van der Waals surface area contributed by atoms with Crippen LogP contribution in [0.5, 0.6) is 5.88 Å². The Labute approximate surface area is 146 Å². The molecule has 0 saturated carbocycles. The number of rotatable bonds is 4. The van der Waals surface area contributed by atoms with Crippen LogP contribution in [0.4, 0.5) is 0 Å². The topological polar surface area (TPSA) is 77.4 Å². The largest absolute Gasteiger partial charge is 0.473 e. The van der Waals surface area contributed by atoms with Crippen LogP contribution in [0.15, 0.2) is 43.0 Å². The van der Waals surface area contributed by atoms with Crippen molar-refractivity contribution < 1.29 is 14.3 Å². The lowest BCUT2D eigenvalue weighted by molar-refractivity contribution is -0.193. The molecular formula is C18H20N4O3. The first-order valence-corrected chi connectivity index (χ1v) is 8.47. The molecule has 0 bridgehead atoms. The van der Waals surface area contributed by atoms with Gasteiger partial charge in [-0.25, -0.2) is 4.98 Å². The fourth-order valence-corrected chi connectivity index (χ4v) is 3.42. The second-order valence-electron chi connectivity index (χ2n) is 6.56. The highest BCUT2D eigenvalue weighted by atomic mass is 16.5. The first kappa shape index (κ1) is 16.0. The van der Waals surface area contributed by atoms with E-state index in [9.17, 15) is 4.79 Å². The van der Waals surface area contributed by atoms with Crippen molar-refractivity contribution in [1.29, 1.82) is 0 Å². The monoisotopic (exact) mass is 340 g/mol. The maximum absolute atomic E-state index is 12.4. The Bertz CT molecular complexity index is 720. The van der Waals surface area contributed by atoms with Crippen LogP contribution in [0, 0.1) is 0 Å². The van der Waals surface area contributed by atoms with Gasteiger partial charge in [0.15, 0.2) is 0 Å². The van der Waals surface area contributed by atoms with Crippen molar-refractivity contribution in [2.24, 2.45) is 0 Å². The normalized spacial score (nSPS) is 21.6. The van der Waals surface area contributed by atoms with Crippen molar-refractivity contribution in [1.82, 2.24) is 19.9 Å². The highest BCUT2D eigenvalue weighted by Gasteiger charge is 2.49. The van der Waals surface area contributed by atoms with Crippen LogP contribution in [0.3, 0.4) is 0 Å². The van der Waals surface area contributed by atoms with Gasteiger partial charge in [0.25, 0.3) is 0 Å². The Morgan fingerprint density at radius 3 is 2.96 bits per heavy atom. The van der Waals surface area contributed by atoms with Gasteiger partial charge in [0.05, 0.1) is 32.3 Å². The first-order valence-electron chi connectivity index (χ1n) is 8.47. The number of hydrogen-bond acceptors (Lipinski definition) is 6. The molecule has 1 spiro atoms. The number of nitrogens with zero attached hydrogens (tertiary/aromatic N) is 4. The summed E-state index contributed by atoms with van der Waals surface area (Å²) in [6.45, 7) is 1.85. The summed E-state index contributed by atoms with van der Waals surface area (Å²) >= 11 is 0. The number of amides is 1. The van der Waals surface area contributed by atoms with Crippen LogP contribution < -0.4 is 4.74 Å². The third kappa shape index (κ3) is 3.61. The van der Waals surface area contributed by atoms with Gasteiger partial charge in [-0.15, -0.1) is 0 Å². The Hall–Kier alpha value is -2.54. The molecule has 2 aliphatic rings. The summed E-state index contributed by atoms with van der Waals surface area (Å²) in [7, 11) is 0. The summed E-state index contributed by atoms with van der Waals surface area (Å²) < 4.78 is 11.9. The molecule has 2 aliphatic heterocycles. The Kier molecular flexibility index (Phi) is 4.31. The van der Waals surface area contributed by atoms with Crippen LogP contribution in [0.25, 0.3) is 0 Å². The molecule has 2 aromatic rings. The van der Waals surface area contributed by atoms with Gasteiger partial charge < -0.3 is 14.4 Å². The van der Waals surface area contributed by atoms with Crippen molar-refractivity contribution in [2.45, 2.75) is 31.0 Å². The molecule has 4 rings (SSSR count). The van der Waals surface area contributed by atoms with Crippen molar-refractivity contribution in [2.75, 3.05) is 19.7 Å². The molecule has 1 atom stereocenters. The van der Waals surface area contributed by atoms with Crippen LogP contribution >= 0.6 is 0 Å². The second kappa shape index (κ2) is 6.76. The molecule has 1 amide bonds. The average molecular weight is 340 g/mol. The van der Waals surface area contributed by atoms with E-state index in [0.717, 1.165) is 18.5 Å². The Morgan fingerprint density at radius 2 is 2.20 bits per heavy atom. The van der Waals surface area contributed by atoms with Crippen molar-refractivity contribution in [3.63, 3.8) is 0 Å². The highest BCUT2D eigenvalue weighted by Crippen LogP contribution is 2.35. The first-order chi connectivity index (χ1) is 12.2. The van der Waals surface area contributed by atoms with E-state index in [1.165, 1.54) is 0 Å². The van der Waals surface area contributed by atoms with E-state index in [4.69, 9.17) is 9.47 Å². The van der Waals surface area contributed by atoms with Crippen LogP contribution in [-0.4, -0.2) is 57.2 Å². The minimum Gasteiger partial charge on any atom is -0.473 e. The van der Waals surface area contributed by atoms with Gasteiger partial charge in [0.2, 0.25) is 11.8 Å².